The molecule has 0 aliphatic carbocycles. The fraction of sp³-hybridized carbons (Fsp3) is 0.565. The third-order valence-electron chi connectivity index (χ3n) is 6.04. The summed E-state index contributed by atoms with van der Waals surface area (Å²) in [5.41, 5.74) is 3.51. The maximum Gasteiger partial charge on any atom is 0.236 e. The molecule has 0 N–H and O–H groups in total. The summed E-state index contributed by atoms with van der Waals surface area (Å²) in [5.74, 6) is 0.237. The SMILES string of the molecule is Cc1cc(C)n(CC2CN(CC(=O)N3CCN(Cc4ccccc4)CC3)CCO2)n1. The fourth-order valence-corrected chi connectivity index (χ4v) is 4.38. The van der Waals surface area contributed by atoms with Gasteiger partial charge in [-0.05, 0) is 25.5 Å². The molecule has 2 aliphatic heterocycles. The first-order chi connectivity index (χ1) is 14.6. The Bertz CT molecular complexity index is 829. The Morgan fingerprint density at radius 3 is 2.53 bits per heavy atom. The topological polar surface area (TPSA) is 53.8 Å². The number of rotatable bonds is 6. The zero-order valence-corrected chi connectivity index (χ0v) is 18.2. The summed E-state index contributed by atoms with van der Waals surface area (Å²) in [4.78, 5) is 19.5. The number of benzene rings is 1. The molecule has 1 unspecified atom stereocenters. The van der Waals surface area contributed by atoms with Gasteiger partial charge in [-0.3, -0.25) is 19.3 Å². The minimum atomic E-state index is 0.0762. The van der Waals surface area contributed by atoms with Crippen LogP contribution in [0.4, 0.5) is 0 Å². The average molecular weight is 412 g/mol. The first-order valence-electron chi connectivity index (χ1n) is 11.0. The van der Waals surface area contributed by atoms with Crippen molar-refractivity contribution in [1.29, 1.82) is 0 Å². The molecular formula is C23H33N5O2. The highest BCUT2D eigenvalue weighted by molar-refractivity contribution is 5.78. The van der Waals surface area contributed by atoms with E-state index in [0.29, 0.717) is 13.2 Å². The molecule has 0 spiro atoms. The van der Waals surface area contributed by atoms with E-state index in [9.17, 15) is 4.79 Å². The Kier molecular flexibility index (Phi) is 6.82. The first-order valence-corrected chi connectivity index (χ1v) is 11.0. The molecule has 162 valence electrons. The van der Waals surface area contributed by atoms with Crippen LogP contribution in [-0.4, -0.2) is 88.9 Å². The summed E-state index contributed by atoms with van der Waals surface area (Å²) >= 11 is 0. The van der Waals surface area contributed by atoms with Gasteiger partial charge in [-0.2, -0.15) is 5.10 Å². The maximum absolute atomic E-state index is 12.9. The van der Waals surface area contributed by atoms with Gasteiger partial charge in [0.25, 0.3) is 0 Å². The Morgan fingerprint density at radius 1 is 1.07 bits per heavy atom. The highest BCUT2D eigenvalue weighted by Crippen LogP contribution is 2.12. The largest absolute Gasteiger partial charge is 0.374 e. The molecule has 7 heteroatoms. The molecule has 0 saturated carbocycles. The first kappa shape index (κ1) is 21.0. The normalized spacial score (nSPS) is 21.1. The molecule has 1 atom stereocenters. The molecule has 7 nitrogen and oxygen atoms in total. The van der Waals surface area contributed by atoms with Crippen molar-refractivity contribution >= 4 is 5.91 Å². The van der Waals surface area contributed by atoms with Crippen molar-refractivity contribution in [2.75, 3.05) is 52.4 Å². The third kappa shape index (κ3) is 5.47. The number of ether oxygens (including phenoxy) is 1. The lowest BCUT2D eigenvalue weighted by atomic mass is 10.2. The van der Waals surface area contributed by atoms with E-state index >= 15 is 0 Å². The van der Waals surface area contributed by atoms with E-state index in [1.54, 1.807) is 0 Å². The molecule has 2 saturated heterocycles. The van der Waals surface area contributed by atoms with E-state index in [1.807, 2.05) is 22.6 Å². The van der Waals surface area contributed by atoms with Crippen molar-refractivity contribution in [3.8, 4) is 0 Å². The second-order valence-electron chi connectivity index (χ2n) is 8.48. The van der Waals surface area contributed by atoms with Gasteiger partial charge in [-0.25, -0.2) is 0 Å². The number of carbonyl (C=O) groups excluding carboxylic acids is 1. The van der Waals surface area contributed by atoms with Crippen molar-refractivity contribution in [3.05, 3.63) is 53.3 Å². The second kappa shape index (κ2) is 9.73. The molecular weight excluding hydrogens is 378 g/mol. The molecule has 0 radical (unpaired) electrons. The van der Waals surface area contributed by atoms with Gasteiger partial charge >= 0.3 is 0 Å². The van der Waals surface area contributed by atoms with Gasteiger partial charge in [0.05, 0.1) is 31.5 Å². The Balaban J connectivity index is 1.22. The van der Waals surface area contributed by atoms with Gasteiger partial charge in [-0.15, -0.1) is 0 Å². The predicted molar refractivity (Wildman–Crippen MR) is 116 cm³/mol. The number of morpholine rings is 1. The Morgan fingerprint density at radius 2 is 1.83 bits per heavy atom. The fourth-order valence-electron chi connectivity index (χ4n) is 4.38. The zero-order valence-electron chi connectivity index (χ0n) is 18.2. The van der Waals surface area contributed by atoms with Gasteiger partial charge in [-0.1, -0.05) is 30.3 Å². The van der Waals surface area contributed by atoms with Crippen LogP contribution in [0.25, 0.3) is 0 Å². The van der Waals surface area contributed by atoms with Gasteiger partial charge in [0.2, 0.25) is 5.91 Å². The molecule has 2 fully saturated rings. The maximum atomic E-state index is 12.9. The van der Waals surface area contributed by atoms with Crippen molar-refractivity contribution in [1.82, 2.24) is 24.5 Å². The van der Waals surface area contributed by atoms with Gasteiger partial charge in [0.1, 0.15) is 0 Å². The highest BCUT2D eigenvalue weighted by atomic mass is 16.5. The summed E-state index contributed by atoms with van der Waals surface area (Å²) in [6.45, 7) is 12.0. The molecule has 1 aromatic heterocycles. The smallest absolute Gasteiger partial charge is 0.236 e. The van der Waals surface area contributed by atoms with Crippen LogP contribution in [0.3, 0.4) is 0 Å². The number of nitrogens with zero attached hydrogens (tertiary/aromatic N) is 5. The number of aromatic nitrogens is 2. The van der Waals surface area contributed by atoms with Crippen LogP contribution in [0.2, 0.25) is 0 Å². The lowest BCUT2D eigenvalue weighted by Crippen LogP contribution is -2.53. The standard InChI is InChI=1S/C23H33N5O2/c1-19-14-20(2)28(24-19)17-22-16-26(12-13-30-22)18-23(29)27-10-8-25(9-11-27)15-21-6-4-3-5-7-21/h3-7,14,22H,8-13,15-18H2,1-2H3. The van der Waals surface area contributed by atoms with Crippen molar-refractivity contribution in [2.45, 2.75) is 33.0 Å². The highest BCUT2D eigenvalue weighted by Gasteiger charge is 2.26. The minimum absolute atomic E-state index is 0.0762. The average Bonchev–Trinajstić information content (AvgIpc) is 3.06. The van der Waals surface area contributed by atoms with Crippen molar-refractivity contribution in [2.24, 2.45) is 0 Å². The zero-order chi connectivity index (χ0) is 20.9. The molecule has 2 aliphatic rings. The third-order valence-corrected chi connectivity index (χ3v) is 6.04. The van der Waals surface area contributed by atoms with Crippen molar-refractivity contribution < 1.29 is 9.53 Å². The second-order valence-corrected chi connectivity index (χ2v) is 8.48. The summed E-state index contributed by atoms with van der Waals surface area (Å²) < 4.78 is 7.95. The number of carbonyl (C=O) groups is 1. The number of hydrogen-bond donors (Lipinski definition) is 0. The number of amides is 1. The van der Waals surface area contributed by atoms with Crippen LogP contribution in [-0.2, 0) is 22.6 Å². The monoisotopic (exact) mass is 411 g/mol. The van der Waals surface area contributed by atoms with E-state index < -0.39 is 0 Å². The van der Waals surface area contributed by atoms with Crippen LogP contribution >= 0.6 is 0 Å². The minimum Gasteiger partial charge on any atom is -0.374 e. The summed E-state index contributed by atoms with van der Waals surface area (Å²) in [6.07, 6.45) is 0.0762. The number of aryl methyl sites for hydroxylation is 2. The predicted octanol–water partition coefficient (Wildman–Crippen LogP) is 1.55. The van der Waals surface area contributed by atoms with Crippen LogP contribution in [0.1, 0.15) is 17.0 Å². The lowest BCUT2D eigenvalue weighted by molar-refractivity contribution is -0.136. The molecule has 4 rings (SSSR count). The van der Waals surface area contributed by atoms with Crippen LogP contribution in [0.5, 0.6) is 0 Å². The van der Waals surface area contributed by atoms with Gasteiger partial charge in [0, 0.05) is 51.5 Å². The number of piperazine rings is 1. The van der Waals surface area contributed by atoms with E-state index in [1.165, 1.54) is 5.56 Å². The van der Waals surface area contributed by atoms with E-state index in [2.05, 4.69) is 52.2 Å². The van der Waals surface area contributed by atoms with Crippen LogP contribution in [0.15, 0.2) is 36.4 Å². The molecule has 3 heterocycles. The van der Waals surface area contributed by atoms with Crippen LogP contribution in [0, 0.1) is 13.8 Å². The van der Waals surface area contributed by atoms with E-state index in [0.717, 1.165) is 63.7 Å². The molecule has 2 aromatic rings. The summed E-state index contributed by atoms with van der Waals surface area (Å²) in [5, 5.41) is 4.54. The number of hydrogen-bond acceptors (Lipinski definition) is 5. The van der Waals surface area contributed by atoms with Gasteiger partial charge in [0.15, 0.2) is 0 Å². The molecule has 1 amide bonds. The summed E-state index contributed by atoms with van der Waals surface area (Å²) in [7, 11) is 0. The Labute approximate surface area is 179 Å². The lowest BCUT2D eigenvalue weighted by Gasteiger charge is -2.37. The van der Waals surface area contributed by atoms with Gasteiger partial charge < -0.3 is 9.64 Å². The molecule has 30 heavy (non-hydrogen) atoms. The van der Waals surface area contributed by atoms with Crippen molar-refractivity contribution in [3.63, 3.8) is 0 Å². The molecule has 1 aromatic carbocycles. The molecule has 0 bridgehead atoms. The Hall–Kier alpha value is -2.22. The van der Waals surface area contributed by atoms with E-state index in [-0.39, 0.29) is 12.0 Å². The van der Waals surface area contributed by atoms with E-state index in [4.69, 9.17) is 4.74 Å². The van der Waals surface area contributed by atoms with Crippen LogP contribution < -0.4 is 0 Å². The quantitative estimate of drug-likeness (QED) is 0.722. The summed E-state index contributed by atoms with van der Waals surface area (Å²) in [6, 6.07) is 12.6.